The second-order valence-corrected chi connectivity index (χ2v) is 13.3. The van der Waals surface area contributed by atoms with Crippen LogP contribution in [0, 0.1) is 0 Å². The molecule has 0 unspecified atom stereocenters. The Morgan fingerprint density at radius 1 is 0.783 bits per heavy atom. The summed E-state index contributed by atoms with van der Waals surface area (Å²) in [5.74, 6) is 0. The van der Waals surface area contributed by atoms with Gasteiger partial charge in [-0.25, -0.2) is 4.57 Å². The van der Waals surface area contributed by atoms with Gasteiger partial charge in [0.15, 0.2) is 25.1 Å². The zero-order valence-corrected chi connectivity index (χ0v) is 17.1. The molecular formula is C21H32NSi+. The van der Waals surface area contributed by atoms with E-state index in [9.17, 15) is 0 Å². The highest BCUT2D eigenvalue weighted by atomic mass is 28.3. The zero-order valence-electron chi connectivity index (χ0n) is 16.1. The second-order valence-electron chi connectivity index (χ2n) is 9.05. The summed E-state index contributed by atoms with van der Waals surface area (Å²) in [5, 5.41) is 3.04. The van der Waals surface area contributed by atoms with Crippen LogP contribution in [0.2, 0.25) is 13.1 Å². The summed E-state index contributed by atoms with van der Waals surface area (Å²) >= 11 is 0. The van der Waals surface area contributed by atoms with Crippen molar-refractivity contribution < 1.29 is 4.57 Å². The summed E-state index contributed by atoms with van der Waals surface area (Å²) < 4.78 is 2.47. The minimum atomic E-state index is -1.80. The van der Waals surface area contributed by atoms with Crippen LogP contribution < -0.4 is 15.1 Å². The first kappa shape index (κ1) is 17.9. The second kappa shape index (κ2) is 5.90. The van der Waals surface area contributed by atoms with Crippen LogP contribution in [0.1, 0.15) is 47.1 Å². The first-order chi connectivity index (χ1) is 10.5. The number of nitrogens with zero attached hydrogens (tertiary/aromatic N) is 1. The van der Waals surface area contributed by atoms with Crippen LogP contribution in [-0.4, -0.2) is 8.07 Å². The van der Waals surface area contributed by atoms with Crippen molar-refractivity contribution in [2.45, 2.75) is 65.6 Å². The van der Waals surface area contributed by atoms with Crippen molar-refractivity contribution in [1.29, 1.82) is 0 Å². The fourth-order valence-electron chi connectivity index (χ4n) is 3.36. The van der Waals surface area contributed by atoms with Gasteiger partial charge in [-0.1, -0.05) is 64.2 Å². The smallest absolute Gasteiger partial charge is 0.193 e. The van der Waals surface area contributed by atoms with Crippen LogP contribution in [0.5, 0.6) is 0 Å². The number of benzene rings is 1. The predicted molar refractivity (Wildman–Crippen MR) is 104 cm³/mol. The Labute approximate surface area is 143 Å². The molecule has 0 atom stereocenters. The molecule has 0 aliphatic heterocycles. The molecule has 1 aromatic heterocycles. The van der Waals surface area contributed by atoms with Crippen molar-refractivity contribution in [1.82, 2.24) is 0 Å². The van der Waals surface area contributed by atoms with Crippen molar-refractivity contribution in [2.24, 2.45) is 0 Å². The Balaban J connectivity index is 2.71. The zero-order chi connectivity index (χ0) is 17.5. The van der Waals surface area contributed by atoms with Crippen molar-refractivity contribution in [3.8, 4) is 0 Å². The Hall–Kier alpha value is -1.41. The molecule has 0 N–H and O–H groups in total. The standard InChI is InChI=1S/C21H32NSi/c1-20(2,3)17-13-9-10-14-18(17)23(7,8)19-15-11-12-16-22(19)21(4,5)6/h9-16H,1-8H3/q+1. The molecule has 0 amide bonds. The van der Waals surface area contributed by atoms with Gasteiger partial charge < -0.3 is 0 Å². The van der Waals surface area contributed by atoms with E-state index in [1.54, 1.807) is 5.19 Å². The van der Waals surface area contributed by atoms with Crippen LogP contribution >= 0.6 is 0 Å². The average Bonchev–Trinajstić information content (AvgIpc) is 2.45. The van der Waals surface area contributed by atoms with Gasteiger partial charge >= 0.3 is 0 Å². The molecule has 2 aromatic rings. The SMILES string of the molecule is CC(C)(C)c1ccccc1[Si](C)(C)c1cccc[n+]1C(C)(C)C. The van der Waals surface area contributed by atoms with E-state index < -0.39 is 8.07 Å². The minimum Gasteiger partial charge on any atom is -0.203 e. The molecule has 0 fully saturated rings. The third-order valence-electron chi connectivity index (χ3n) is 4.63. The summed E-state index contributed by atoms with van der Waals surface area (Å²) in [7, 11) is -1.80. The van der Waals surface area contributed by atoms with Gasteiger partial charge in [0.1, 0.15) is 0 Å². The first-order valence-electron chi connectivity index (χ1n) is 8.57. The molecule has 0 aliphatic rings. The normalized spacial score (nSPS) is 13.2. The maximum Gasteiger partial charge on any atom is 0.193 e. The summed E-state index contributed by atoms with van der Waals surface area (Å²) in [6.45, 7) is 18.8. The van der Waals surface area contributed by atoms with E-state index in [0.717, 1.165) is 0 Å². The van der Waals surface area contributed by atoms with Crippen LogP contribution in [0.3, 0.4) is 0 Å². The van der Waals surface area contributed by atoms with Crippen molar-refractivity contribution in [2.75, 3.05) is 0 Å². The molecular weight excluding hydrogens is 294 g/mol. The molecule has 0 spiro atoms. The van der Waals surface area contributed by atoms with Gasteiger partial charge in [-0.2, -0.15) is 0 Å². The third-order valence-corrected chi connectivity index (χ3v) is 8.10. The Morgan fingerprint density at radius 3 is 1.91 bits per heavy atom. The molecule has 0 bridgehead atoms. The lowest BCUT2D eigenvalue weighted by Crippen LogP contribution is -2.72. The highest BCUT2D eigenvalue weighted by molar-refractivity contribution is 6.99. The lowest BCUT2D eigenvalue weighted by molar-refractivity contribution is -0.739. The van der Waals surface area contributed by atoms with Crippen LogP contribution in [-0.2, 0) is 11.0 Å². The lowest BCUT2D eigenvalue weighted by Gasteiger charge is -2.31. The predicted octanol–water partition coefficient (Wildman–Crippen LogP) is 3.85. The molecule has 2 rings (SSSR count). The number of rotatable bonds is 2. The molecule has 124 valence electrons. The summed E-state index contributed by atoms with van der Waals surface area (Å²) in [5.41, 5.74) is 1.75. The monoisotopic (exact) mass is 326 g/mol. The molecule has 2 heteroatoms. The lowest BCUT2D eigenvalue weighted by atomic mass is 9.87. The quantitative estimate of drug-likeness (QED) is 0.583. The van der Waals surface area contributed by atoms with E-state index in [1.807, 2.05) is 0 Å². The van der Waals surface area contributed by atoms with E-state index in [1.165, 1.54) is 10.9 Å². The highest BCUT2D eigenvalue weighted by Crippen LogP contribution is 2.22. The summed E-state index contributed by atoms with van der Waals surface area (Å²) in [6.07, 6.45) is 2.24. The molecule has 0 radical (unpaired) electrons. The van der Waals surface area contributed by atoms with Gasteiger partial charge in [0.2, 0.25) is 0 Å². The number of hydrogen-bond donors (Lipinski definition) is 0. The largest absolute Gasteiger partial charge is 0.203 e. The van der Waals surface area contributed by atoms with Crippen LogP contribution in [0.25, 0.3) is 0 Å². The minimum absolute atomic E-state index is 0.0948. The Morgan fingerprint density at radius 2 is 1.35 bits per heavy atom. The molecule has 1 nitrogen and oxygen atoms in total. The maximum atomic E-state index is 2.48. The van der Waals surface area contributed by atoms with Crippen molar-refractivity contribution in [3.63, 3.8) is 0 Å². The molecule has 1 heterocycles. The molecule has 0 saturated heterocycles. The molecule has 1 aromatic carbocycles. The topological polar surface area (TPSA) is 3.88 Å². The number of aromatic nitrogens is 1. The Kier molecular flexibility index (Phi) is 4.60. The van der Waals surface area contributed by atoms with E-state index in [0.29, 0.717) is 0 Å². The van der Waals surface area contributed by atoms with Gasteiger partial charge in [-0.15, -0.1) is 0 Å². The van der Waals surface area contributed by atoms with Crippen LogP contribution in [0.15, 0.2) is 48.7 Å². The van der Waals surface area contributed by atoms with Gasteiger partial charge in [0.05, 0.1) is 0 Å². The molecule has 0 saturated carbocycles. The van der Waals surface area contributed by atoms with E-state index in [2.05, 4.69) is 108 Å². The van der Waals surface area contributed by atoms with E-state index in [-0.39, 0.29) is 11.0 Å². The highest BCUT2D eigenvalue weighted by Gasteiger charge is 2.40. The van der Waals surface area contributed by atoms with Gasteiger partial charge in [-0.3, -0.25) is 0 Å². The average molecular weight is 327 g/mol. The van der Waals surface area contributed by atoms with Gasteiger partial charge in [0.25, 0.3) is 0 Å². The van der Waals surface area contributed by atoms with Gasteiger partial charge in [0, 0.05) is 26.8 Å². The van der Waals surface area contributed by atoms with Crippen LogP contribution in [0.4, 0.5) is 0 Å². The number of hydrogen-bond acceptors (Lipinski definition) is 0. The molecule has 0 aliphatic carbocycles. The van der Waals surface area contributed by atoms with E-state index in [4.69, 9.17) is 0 Å². The van der Waals surface area contributed by atoms with E-state index >= 15 is 0 Å². The fourth-order valence-corrected chi connectivity index (χ4v) is 6.80. The summed E-state index contributed by atoms with van der Waals surface area (Å²) in [6, 6.07) is 15.7. The molecule has 23 heavy (non-hydrogen) atoms. The third kappa shape index (κ3) is 3.58. The van der Waals surface area contributed by atoms with Gasteiger partial charge in [-0.05, 0) is 22.2 Å². The van der Waals surface area contributed by atoms with Crippen molar-refractivity contribution >= 4 is 18.6 Å². The number of pyridine rings is 1. The maximum absolute atomic E-state index is 2.48. The summed E-state index contributed by atoms with van der Waals surface area (Å²) in [4.78, 5) is 0. The van der Waals surface area contributed by atoms with Crippen molar-refractivity contribution in [3.05, 3.63) is 54.2 Å². The Bertz CT molecular complexity index is 628. The fraction of sp³-hybridized carbons (Fsp3) is 0.476. The first-order valence-corrected chi connectivity index (χ1v) is 11.6.